The van der Waals surface area contributed by atoms with Crippen LogP contribution in [0.4, 0.5) is 10.5 Å². The van der Waals surface area contributed by atoms with E-state index in [2.05, 4.69) is 12.2 Å². The Morgan fingerprint density at radius 3 is 2.86 bits per heavy atom. The minimum Gasteiger partial charge on any atom is -0.345 e. The van der Waals surface area contributed by atoms with Crippen molar-refractivity contribution in [2.75, 3.05) is 32.0 Å². The molecule has 1 aromatic carbocycles. The van der Waals surface area contributed by atoms with Gasteiger partial charge in [0.15, 0.2) is 0 Å². The van der Waals surface area contributed by atoms with E-state index in [1.54, 1.807) is 9.80 Å². The fourth-order valence-corrected chi connectivity index (χ4v) is 3.51. The zero-order valence-corrected chi connectivity index (χ0v) is 13.2. The highest BCUT2D eigenvalue weighted by Crippen LogP contribution is 2.32. The van der Waals surface area contributed by atoms with E-state index >= 15 is 0 Å². The lowest BCUT2D eigenvalue weighted by Crippen LogP contribution is -2.42. The molecule has 0 radical (unpaired) electrons. The topological polar surface area (TPSA) is 52.7 Å². The minimum atomic E-state index is -0.0919. The molecule has 2 fully saturated rings. The number of fused-ring (bicyclic) bond motifs is 1. The summed E-state index contributed by atoms with van der Waals surface area (Å²) in [5.74, 6) is 0.474. The van der Waals surface area contributed by atoms with Crippen LogP contribution >= 0.6 is 0 Å². The average Bonchev–Trinajstić information content (AvgIpc) is 2.96. The summed E-state index contributed by atoms with van der Waals surface area (Å²) in [5, 5.41) is 3.00. The number of rotatable bonds is 2. The van der Waals surface area contributed by atoms with Gasteiger partial charge in [-0.25, -0.2) is 4.79 Å². The Hall–Kier alpha value is -2.04. The van der Waals surface area contributed by atoms with Gasteiger partial charge in [-0.3, -0.25) is 4.79 Å². The highest BCUT2D eigenvalue weighted by Gasteiger charge is 2.43. The first-order chi connectivity index (χ1) is 10.6. The molecule has 2 atom stereocenters. The third-order valence-corrected chi connectivity index (χ3v) is 4.90. The second kappa shape index (κ2) is 5.99. The number of likely N-dealkylation sites (tertiary alicyclic amines) is 2. The summed E-state index contributed by atoms with van der Waals surface area (Å²) in [7, 11) is 1.85. The van der Waals surface area contributed by atoms with Gasteiger partial charge >= 0.3 is 6.03 Å². The normalized spacial score (nSPS) is 24.4. The summed E-state index contributed by atoms with van der Waals surface area (Å²) in [5.41, 5.74) is 2.00. The van der Waals surface area contributed by atoms with Crippen molar-refractivity contribution in [3.8, 4) is 0 Å². The molecule has 0 unspecified atom stereocenters. The molecule has 5 heteroatoms. The Morgan fingerprint density at radius 1 is 1.32 bits per heavy atom. The lowest BCUT2D eigenvalue weighted by molar-refractivity contribution is -0.137. The Morgan fingerprint density at radius 2 is 2.09 bits per heavy atom. The third kappa shape index (κ3) is 2.67. The highest BCUT2D eigenvalue weighted by molar-refractivity contribution is 5.91. The molecule has 3 amide bonds. The number of benzene rings is 1. The van der Waals surface area contributed by atoms with Crippen molar-refractivity contribution in [3.05, 3.63) is 29.8 Å². The van der Waals surface area contributed by atoms with E-state index in [1.807, 2.05) is 31.3 Å². The van der Waals surface area contributed by atoms with Crippen molar-refractivity contribution in [1.82, 2.24) is 9.80 Å². The Bertz CT molecular complexity index is 587. The zero-order valence-electron chi connectivity index (χ0n) is 13.2. The molecule has 5 nitrogen and oxygen atoms in total. The molecule has 0 saturated carbocycles. The molecule has 0 aliphatic carbocycles. The molecular formula is C17H23N3O2. The lowest BCUT2D eigenvalue weighted by Gasteiger charge is -2.30. The standard InChI is InChI=1S/C17H23N3O2/c1-3-12-6-4-5-7-15(12)18-17(22)20-10-13-8-9-19(2)16(21)14(13)11-20/h4-7,13-14H,3,8-11H2,1-2H3,(H,18,22)/t13-,14+/m1/s1. The van der Waals surface area contributed by atoms with E-state index in [0.717, 1.165) is 30.6 Å². The lowest BCUT2D eigenvalue weighted by atomic mass is 9.88. The minimum absolute atomic E-state index is 0.0223. The van der Waals surface area contributed by atoms with Gasteiger partial charge in [-0.05, 0) is 30.4 Å². The second-order valence-corrected chi connectivity index (χ2v) is 6.26. The quantitative estimate of drug-likeness (QED) is 0.910. The SMILES string of the molecule is CCc1ccccc1NC(=O)N1C[C@H]2CCN(C)C(=O)[C@H]2C1. The molecule has 118 valence electrons. The maximum atomic E-state index is 12.5. The first-order valence-corrected chi connectivity index (χ1v) is 7.99. The zero-order chi connectivity index (χ0) is 15.7. The van der Waals surface area contributed by atoms with Crippen LogP contribution in [0.1, 0.15) is 18.9 Å². The summed E-state index contributed by atoms with van der Waals surface area (Å²) < 4.78 is 0. The van der Waals surface area contributed by atoms with E-state index in [9.17, 15) is 9.59 Å². The van der Waals surface area contributed by atoms with Gasteiger partial charge in [0, 0.05) is 32.4 Å². The van der Waals surface area contributed by atoms with Crippen molar-refractivity contribution >= 4 is 17.6 Å². The highest BCUT2D eigenvalue weighted by atomic mass is 16.2. The molecule has 2 heterocycles. The molecule has 1 N–H and O–H groups in total. The third-order valence-electron chi connectivity index (χ3n) is 4.90. The van der Waals surface area contributed by atoms with Crippen LogP contribution in [0.2, 0.25) is 0 Å². The van der Waals surface area contributed by atoms with E-state index in [-0.39, 0.29) is 17.9 Å². The second-order valence-electron chi connectivity index (χ2n) is 6.26. The number of anilines is 1. The first-order valence-electron chi connectivity index (χ1n) is 7.99. The Labute approximate surface area is 131 Å². The first kappa shape index (κ1) is 14.9. The smallest absolute Gasteiger partial charge is 0.321 e. The summed E-state index contributed by atoms with van der Waals surface area (Å²) in [4.78, 5) is 28.3. The van der Waals surface area contributed by atoms with Gasteiger partial charge < -0.3 is 15.1 Å². The van der Waals surface area contributed by atoms with E-state index < -0.39 is 0 Å². The summed E-state index contributed by atoms with van der Waals surface area (Å²) >= 11 is 0. The monoisotopic (exact) mass is 301 g/mol. The largest absolute Gasteiger partial charge is 0.345 e. The predicted molar refractivity (Wildman–Crippen MR) is 85.6 cm³/mol. The van der Waals surface area contributed by atoms with Crippen LogP contribution in [0.3, 0.4) is 0 Å². The van der Waals surface area contributed by atoms with Gasteiger partial charge in [-0.2, -0.15) is 0 Å². The molecule has 0 bridgehead atoms. The van der Waals surface area contributed by atoms with E-state index in [0.29, 0.717) is 19.0 Å². The van der Waals surface area contributed by atoms with Crippen LogP contribution in [-0.2, 0) is 11.2 Å². The number of aryl methyl sites for hydroxylation is 1. The fourth-order valence-electron chi connectivity index (χ4n) is 3.51. The number of amides is 3. The van der Waals surface area contributed by atoms with Crippen molar-refractivity contribution in [2.24, 2.45) is 11.8 Å². The molecule has 2 aliphatic heterocycles. The maximum Gasteiger partial charge on any atom is 0.321 e. The predicted octanol–water partition coefficient (Wildman–Crippen LogP) is 2.19. The van der Waals surface area contributed by atoms with Gasteiger partial charge in [0.25, 0.3) is 0 Å². The molecule has 22 heavy (non-hydrogen) atoms. The number of piperidine rings is 1. The van der Waals surface area contributed by atoms with E-state index in [4.69, 9.17) is 0 Å². The number of urea groups is 1. The van der Waals surface area contributed by atoms with Gasteiger partial charge in [-0.15, -0.1) is 0 Å². The van der Waals surface area contributed by atoms with Crippen molar-refractivity contribution in [1.29, 1.82) is 0 Å². The van der Waals surface area contributed by atoms with Crippen molar-refractivity contribution < 1.29 is 9.59 Å². The molecular weight excluding hydrogens is 278 g/mol. The molecule has 3 rings (SSSR count). The molecule has 1 aromatic rings. The van der Waals surface area contributed by atoms with Gasteiger partial charge in [0.2, 0.25) is 5.91 Å². The summed E-state index contributed by atoms with van der Waals surface area (Å²) in [6.45, 7) is 4.09. The molecule has 2 aliphatic rings. The Kier molecular flexibility index (Phi) is 4.05. The van der Waals surface area contributed by atoms with Crippen molar-refractivity contribution in [3.63, 3.8) is 0 Å². The van der Waals surface area contributed by atoms with Crippen LogP contribution < -0.4 is 5.32 Å². The van der Waals surface area contributed by atoms with Gasteiger partial charge in [0.05, 0.1) is 5.92 Å². The van der Waals surface area contributed by atoms with Gasteiger partial charge in [-0.1, -0.05) is 25.1 Å². The number of carbonyl (C=O) groups is 2. The van der Waals surface area contributed by atoms with Gasteiger partial charge in [0.1, 0.15) is 0 Å². The van der Waals surface area contributed by atoms with Crippen LogP contribution in [0.5, 0.6) is 0 Å². The van der Waals surface area contributed by atoms with Crippen LogP contribution in [0.15, 0.2) is 24.3 Å². The number of nitrogens with one attached hydrogen (secondary N) is 1. The van der Waals surface area contributed by atoms with Crippen molar-refractivity contribution in [2.45, 2.75) is 19.8 Å². The van der Waals surface area contributed by atoms with Crippen LogP contribution in [0, 0.1) is 11.8 Å². The number of carbonyl (C=O) groups excluding carboxylic acids is 2. The Balaban J connectivity index is 1.68. The number of hydrogen-bond acceptors (Lipinski definition) is 2. The summed E-state index contributed by atoms with van der Waals surface area (Å²) in [6.07, 6.45) is 1.87. The molecule has 0 spiro atoms. The van der Waals surface area contributed by atoms with Crippen LogP contribution in [0.25, 0.3) is 0 Å². The fraction of sp³-hybridized carbons (Fsp3) is 0.529. The molecule has 2 saturated heterocycles. The summed E-state index contributed by atoms with van der Waals surface area (Å²) in [6, 6.07) is 7.77. The number of hydrogen-bond donors (Lipinski definition) is 1. The maximum absolute atomic E-state index is 12.5. The van der Waals surface area contributed by atoms with E-state index in [1.165, 1.54) is 0 Å². The van der Waals surface area contributed by atoms with Crippen LogP contribution in [-0.4, -0.2) is 48.4 Å². The molecule has 0 aromatic heterocycles. The number of nitrogens with zero attached hydrogens (tertiary/aromatic N) is 2. The average molecular weight is 301 g/mol. The number of para-hydroxylation sites is 1.